The van der Waals surface area contributed by atoms with Crippen LogP contribution in [0.5, 0.6) is 0 Å². The van der Waals surface area contributed by atoms with Gasteiger partial charge >= 0.3 is 0 Å². The molecule has 0 bridgehead atoms. The third-order valence-corrected chi connectivity index (χ3v) is 6.35. The summed E-state index contributed by atoms with van der Waals surface area (Å²) in [4.78, 5) is 29.8. The maximum Gasteiger partial charge on any atom is 0.295 e. The maximum atomic E-state index is 13.4. The fourth-order valence-electron chi connectivity index (χ4n) is 4.15. The number of ether oxygens (including phenoxy) is 1. The molecule has 1 amide bonds. The van der Waals surface area contributed by atoms with Gasteiger partial charge in [0.1, 0.15) is 11.6 Å². The monoisotopic (exact) mass is 502 g/mol. The number of halogens is 2. The van der Waals surface area contributed by atoms with E-state index in [1.807, 2.05) is 24.3 Å². The number of likely N-dealkylation sites (tertiary alicyclic amines) is 1. The van der Waals surface area contributed by atoms with Crippen LogP contribution in [0.15, 0.2) is 58.6 Å². The molecule has 2 saturated heterocycles. The van der Waals surface area contributed by atoms with Crippen LogP contribution in [0.25, 0.3) is 5.76 Å². The maximum absolute atomic E-state index is 13.4. The van der Waals surface area contributed by atoms with Gasteiger partial charge in [0.25, 0.3) is 11.7 Å². The lowest BCUT2D eigenvalue weighted by Gasteiger charge is -2.29. The van der Waals surface area contributed by atoms with Crippen molar-refractivity contribution in [3.8, 4) is 0 Å². The zero-order chi connectivity index (χ0) is 22.7. The van der Waals surface area contributed by atoms with E-state index in [4.69, 9.17) is 4.74 Å². The molecule has 1 N–H and O–H groups in total. The first-order valence-electron chi connectivity index (χ1n) is 10.6. The van der Waals surface area contributed by atoms with Crippen molar-refractivity contribution in [2.75, 3.05) is 39.4 Å². The van der Waals surface area contributed by atoms with Gasteiger partial charge in [-0.3, -0.25) is 14.5 Å². The SMILES string of the molecule is O=C1C(=O)N(CCCN2CCOCC2)C(c2ccc(Br)cc2)/C1=C(/O)c1ccc(F)cc1. The third-order valence-electron chi connectivity index (χ3n) is 5.82. The molecular weight excluding hydrogens is 479 g/mol. The van der Waals surface area contributed by atoms with Crippen molar-refractivity contribution >= 4 is 33.4 Å². The second-order valence-electron chi connectivity index (χ2n) is 7.86. The normalized spacial score (nSPS) is 21.3. The molecule has 1 unspecified atom stereocenters. The Hall–Kier alpha value is -2.55. The topological polar surface area (TPSA) is 70.1 Å². The summed E-state index contributed by atoms with van der Waals surface area (Å²) in [7, 11) is 0. The predicted molar refractivity (Wildman–Crippen MR) is 121 cm³/mol. The summed E-state index contributed by atoms with van der Waals surface area (Å²) in [6.07, 6.45) is 0.691. The molecule has 0 aromatic heterocycles. The van der Waals surface area contributed by atoms with Gasteiger partial charge in [0, 0.05) is 36.2 Å². The molecule has 2 aliphatic rings. The summed E-state index contributed by atoms with van der Waals surface area (Å²) in [5.74, 6) is -2.11. The van der Waals surface area contributed by atoms with E-state index in [-0.39, 0.29) is 11.3 Å². The van der Waals surface area contributed by atoms with Crippen LogP contribution in [0.4, 0.5) is 4.39 Å². The summed E-state index contributed by atoms with van der Waals surface area (Å²) >= 11 is 3.41. The number of nitrogens with zero attached hydrogens (tertiary/aromatic N) is 2. The molecule has 6 nitrogen and oxygen atoms in total. The van der Waals surface area contributed by atoms with Crippen molar-refractivity contribution in [3.05, 3.63) is 75.5 Å². The number of Topliss-reactive ketones (excluding diaryl/α,β-unsaturated/α-hetero) is 1. The van der Waals surface area contributed by atoms with E-state index in [0.717, 1.165) is 29.7 Å². The Labute approximate surface area is 194 Å². The fraction of sp³-hybridized carbons (Fsp3) is 0.333. The molecule has 8 heteroatoms. The molecule has 2 fully saturated rings. The highest BCUT2D eigenvalue weighted by Gasteiger charge is 2.45. The van der Waals surface area contributed by atoms with Gasteiger partial charge in [-0.15, -0.1) is 0 Å². The lowest BCUT2D eigenvalue weighted by Crippen LogP contribution is -2.38. The number of aliphatic hydroxyl groups is 1. The number of carbonyl (C=O) groups is 2. The highest BCUT2D eigenvalue weighted by atomic mass is 79.9. The van der Waals surface area contributed by atoms with Crippen molar-refractivity contribution < 1.29 is 23.8 Å². The molecular formula is C24H24BrFN2O4. The van der Waals surface area contributed by atoms with Gasteiger partial charge in [-0.1, -0.05) is 28.1 Å². The Morgan fingerprint density at radius 3 is 2.34 bits per heavy atom. The zero-order valence-corrected chi connectivity index (χ0v) is 19.1. The number of hydrogen-bond donors (Lipinski definition) is 1. The number of ketones is 1. The van der Waals surface area contributed by atoms with Crippen molar-refractivity contribution in [1.29, 1.82) is 0 Å². The van der Waals surface area contributed by atoms with Gasteiger partial charge < -0.3 is 14.7 Å². The molecule has 2 aromatic rings. The van der Waals surface area contributed by atoms with Crippen LogP contribution in [0.2, 0.25) is 0 Å². The predicted octanol–water partition coefficient (Wildman–Crippen LogP) is 3.73. The Kier molecular flexibility index (Phi) is 7.03. The van der Waals surface area contributed by atoms with Crippen LogP contribution in [0, 0.1) is 5.82 Å². The average Bonchev–Trinajstić information content (AvgIpc) is 3.05. The molecule has 2 aliphatic heterocycles. The van der Waals surface area contributed by atoms with Crippen LogP contribution in [-0.2, 0) is 14.3 Å². The number of hydrogen-bond acceptors (Lipinski definition) is 5. The standard InChI is InChI=1S/C24H24BrFN2O4/c25-18-6-2-16(3-7-18)21-20(22(29)17-4-8-19(26)9-5-17)23(30)24(31)28(21)11-1-10-27-12-14-32-15-13-27/h2-9,21,29H,1,10-15H2/b22-20-. The van der Waals surface area contributed by atoms with E-state index in [1.165, 1.54) is 29.2 Å². The molecule has 0 aliphatic carbocycles. The smallest absolute Gasteiger partial charge is 0.295 e. The van der Waals surface area contributed by atoms with Gasteiger partial charge in [0.2, 0.25) is 0 Å². The molecule has 2 aromatic carbocycles. The summed E-state index contributed by atoms with van der Waals surface area (Å²) in [6, 6.07) is 11.8. The molecule has 4 rings (SSSR count). The van der Waals surface area contributed by atoms with Gasteiger partial charge in [0.05, 0.1) is 24.8 Å². The third kappa shape index (κ3) is 4.77. The van der Waals surface area contributed by atoms with Gasteiger partial charge in [-0.05, 0) is 48.4 Å². The number of morpholine rings is 1. The number of amides is 1. The highest BCUT2D eigenvalue weighted by Crippen LogP contribution is 2.39. The van der Waals surface area contributed by atoms with E-state index in [2.05, 4.69) is 20.8 Å². The zero-order valence-electron chi connectivity index (χ0n) is 17.5. The Morgan fingerprint density at radius 2 is 1.69 bits per heavy atom. The molecule has 0 saturated carbocycles. The summed E-state index contributed by atoms with van der Waals surface area (Å²) in [5, 5.41) is 11.0. The van der Waals surface area contributed by atoms with Gasteiger partial charge in [0.15, 0.2) is 0 Å². The number of carbonyl (C=O) groups excluding carboxylic acids is 2. The second kappa shape index (κ2) is 9.94. The van der Waals surface area contributed by atoms with Crippen LogP contribution in [-0.4, -0.2) is 66.0 Å². The van der Waals surface area contributed by atoms with E-state index in [1.54, 1.807) is 0 Å². The largest absolute Gasteiger partial charge is 0.507 e. The van der Waals surface area contributed by atoms with Crippen molar-refractivity contribution in [2.45, 2.75) is 12.5 Å². The van der Waals surface area contributed by atoms with E-state index < -0.39 is 23.5 Å². The lowest BCUT2D eigenvalue weighted by atomic mass is 9.95. The van der Waals surface area contributed by atoms with Gasteiger partial charge in [-0.25, -0.2) is 4.39 Å². The summed E-state index contributed by atoms with van der Waals surface area (Å²) in [6.45, 7) is 4.25. The quantitative estimate of drug-likeness (QED) is 0.370. The second-order valence-corrected chi connectivity index (χ2v) is 8.77. The van der Waals surface area contributed by atoms with E-state index >= 15 is 0 Å². The molecule has 0 spiro atoms. The number of benzene rings is 2. The number of aliphatic hydroxyl groups excluding tert-OH is 1. The molecule has 168 valence electrons. The van der Waals surface area contributed by atoms with Crippen LogP contribution in [0.3, 0.4) is 0 Å². The summed E-state index contributed by atoms with van der Waals surface area (Å²) < 4.78 is 19.6. The first-order chi connectivity index (χ1) is 15.5. The minimum Gasteiger partial charge on any atom is -0.507 e. The summed E-state index contributed by atoms with van der Waals surface area (Å²) in [5.41, 5.74) is 1.04. The Morgan fingerprint density at radius 1 is 1.03 bits per heavy atom. The minimum atomic E-state index is -0.730. The Bertz CT molecular complexity index is 1020. The Balaban J connectivity index is 1.66. The minimum absolute atomic E-state index is 0.0234. The van der Waals surface area contributed by atoms with Crippen LogP contribution >= 0.6 is 15.9 Å². The first-order valence-corrected chi connectivity index (χ1v) is 11.3. The van der Waals surface area contributed by atoms with Crippen LogP contribution < -0.4 is 0 Å². The highest BCUT2D eigenvalue weighted by molar-refractivity contribution is 9.10. The molecule has 2 heterocycles. The van der Waals surface area contributed by atoms with Crippen molar-refractivity contribution in [1.82, 2.24) is 9.80 Å². The van der Waals surface area contributed by atoms with Crippen LogP contribution in [0.1, 0.15) is 23.6 Å². The van der Waals surface area contributed by atoms with Gasteiger partial charge in [-0.2, -0.15) is 0 Å². The van der Waals surface area contributed by atoms with Crippen molar-refractivity contribution in [2.24, 2.45) is 0 Å². The first kappa shape index (κ1) is 22.6. The van der Waals surface area contributed by atoms with E-state index in [0.29, 0.717) is 31.7 Å². The molecule has 0 radical (unpaired) electrons. The van der Waals surface area contributed by atoms with Crippen molar-refractivity contribution in [3.63, 3.8) is 0 Å². The fourth-order valence-corrected chi connectivity index (χ4v) is 4.42. The van der Waals surface area contributed by atoms with E-state index in [9.17, 15) is 19.1 Å². The lowest BCUT2D eigenvalue weighted by molar-refractivity contribution is -0.140. The average molecular weight is 503 g/mol. The number of rotatable bonds is 6. The molecule has 32 heavy (non-hydrogen) atoms. The molecule has 1 atom stereocenters.